The quantitative estimate of drug-likeness (QED) is 0.669. The molecule has 1 unspecified atom stereocenters. The molecule has 2 aromatic heterocycles. The number of pyridine rings is 1. The highest BCUT2D eigenvalue weighted by Crippen LogP contribution is 2.29. The Morgan fingerprint density at radius 1 is 1.23 bits per heavy atom. The Morgan fingerprint density at radius 2 is 2.03 bits per heavy atom. The molecule has 0 spiro atoms. The van der Waals surface area contributed by atoms with E-state index in [0.717, 1.165) is 18.6 Å². The summed E-state index contributed by atoms with van der Waals surface area (Å²) in [5, 5.41) is 10.2. The van der Waals surface area contributed by atoms with Crippen molar-refractivity contribution in [1.29, 1.82) is 0 Å². The van der Waals surface area contributed by atoms with Crippen LogP contribution in [0.5, 0.6) is 5.75 Å². The highest BCUT2D eigenvalue weighted by molar-refractivity contribution is 6.03. The molecule has 5 rings (SSSR count). The van der Waals surface area contributed by atoms with Gasteiger partial charge in [-0.05, 0) is 31.0 Å². The average Bonchev–Trinajstić information content (AvgIpc) is 3.48. The van der Waals surface area contributed by atoms with Crippen LogP contribution in [0.15, 0.2) is 42.7 Å². The van der Waals surface area contributed by atoms with Crippen LogP contribution in [0.25, 0.3) is 10.9 Å². The van der Waals surface area contributed by atoms with Crippen LogP contribution >= 0.6 is 0 Å². The van der Waals surface area contributed by atoms with Crippen LogP contribution in [0.3, 0.4) is 0 Å². The molecule has 2 aliphatic heterocycles. The highest BCUT2D eigenvalue weighted by Gasteiger charge is 2.30. The first-order valence-electron chi connectivity index (χ1n) is 9.80. The van der Waals surface area contributed by atoms with Crippen LogP contribution in [0.1, 0.15) is 23.3 Å². The Balaban J connectivity index is 0.000000383. The lowest BCUT2D eigenvalue weighted by Crippen LogP contribution is -2.49. The Labute approximate surface area is 173 Å². The number of hydrogen-bond donors (Lipinski definition) is 2. The summed E-state index contributed by atoms with van der Waals surface area (Å²) in [6, 6.07) is 8.04. The molecule has 30 heavy (non-hydrogen) atoms. The number of para-hydroxylation sites is 2. The summed E-state index contributed by atoms with van der Waals surface area (Å²) in [7, 11) is 1.66. The number of aromatic amines is 1. The number of nitrogens with one attached hydrogen (secondary N) is 2. The maximum atomic E-state index is 12.6. The zero-order chi connectivity index (χ0) is 20.9. The Bertz CT molecular complexity index is 1040. The minimum absolute atomic E-state index is 0.0538. The molecule has 2 aliphatic rings. The van der Waals surface area contributed by atoms with Gasteiger partial charge in [0.2, 0.25) is 0 Å². The van der Waals surface area contributed by atoms with Gasteiger partial charge in [-0.2, -0.15) is 5.10 Å². The number of H-pyrrole nitrogens is 1. The first-order valence-corrected chi connectivity index (χ1v) is 9.80. The summed E-state index contributed by atoms with van der Waals surface area (Å²) < 4.78 is 10.6. The maximum absolute atomic E-state index is 12.6. The molecule has 1 atom stereocenters. The summed E-state index contributed by atoms with van der Waals surface area (Å²) >= 11 is 0. The summed E-state index contributed by atoms with van der Waals surface area (Å²) in [5.74, 6) is -0.0918. The van der Waals surface area contributed by atoms with Crippen LogP contribution in [0.2, 0.25) is 0 Å². The second-order valence-electron chi connectivity index (χ2n) is 7.05. The number of rotatable bonds is 2. The van der Waals surface area contributed by atoms with Gasteiger partial charge in [0.15, 0.2) is 0 Å². The Hall–Kier alpha value is -3.46. The SMILES string of the molecule is C1CCOC1.CN1C(=O)C(NC(=O)c2cc3[nH]ncc3cn2)COc2ccccc21. The van der Waals surface area contributed by atoms with E-state index in [1.54, 1.807) is 37.6 Å². The molecule has 1 aromatic carbocycles. The number of nitrogens with zero attached hydrogens (tertiary/aromatic N) is 3. The van der Waals surface area contributed by atoms with Crippen molar-refractivity contribution in [1.82, 2.24) is 20.5 Å². The number of aromatic nitrogens is 3. The third-order valence-corrected chi connectivity index (χ3v) is 4.95. The van der Waals surface area contributed by atoms with E-state index in [-0.39, 0.29) is 18.2 Å². The van der Waals surface area contributed by atoms with E-state index in [1.807, 2.05) is 12.1 Å². The van der Waals surface area contributed by atoms with Gasteiger partial charge in [-0.25, -0.2) is 0 Å². The fraction of sp³-hybridized carbons (Fsp3) is 0.333. The summed E-state index contributed by atoms with van der Waals surface area (Å²) in [6.07, 6.45) is 5.74. The first kappa shape index (κ1) is 19.8. The third-order valence-electron chi connectivity index (χ3n) is 4.95. The van der Waals surface area contributed by atoms with Crippen LogP contribution in [-0.2, 0) is 9.53 Å². The van der Waals surface area contributed by atoms with Crippen LogP contribution < -0.4 is 15.0 Å². The smallest absolute Gasteiger partial charge is 0.270 e. The van der Waals surface area contributed by atoms with Crippen molar-refractivity contribution in [3.63, 3.8) is 0 Å². The molecule has 156 valence electrons. The van der Waals surface area contributed by atoms with Crippen molar-refractivity contribution < 1.29 is 19.1 Å². The van der Waals surface area contributed by atoms with E-state index in [0.29, 0.717) is 17.0 Å². The molecule has 9 nitrogen and oxygen atoms in total. The molecule has 4 heterocycles. The standard InChI is InChI=1S/C17H15N5O3.C4H8O/c1-22-14-4-2-3-5-15(14)25-9-13(17(22)24)20-16(23)12-6-11-10(7-18-12)8-19-21-11;1-2-4-5-3-1/h2-8,13H,9H2,1H3,(H,19,21)(H,20,23);1-4H2. The largest absolute Gasteiger partial charge is 0.489 e. The lowest BCUT2D eigenvalue weighted by atomic mass is 10.2. The summed E-state index contributed by atoms with van der Waals surface area (Å²) in [4.78, 5) is 30.7. The van der Waals surface area contributed by atoms with Gasteiger partial charge in [0.05, 0.1) is 17.4 Å². The number of amides is 2. The number of likely N-dealkylation sites (N-methyl/N-ethyl adjacent to an activating group) is 1. The number of anilines is 1. The Kier molecular flexibility index (Phi) is 5.89. The molecule has 2 amide bonds. The van der Waals surface area contributed by atoms with E-state index in [2.05, 4.69) is 20.5 Å². The highest BCUT2D eigenvalue weighted by atomic mass is 16.5. The van der Waals surface area contributed by atoms with Crippen molar-refractivity contribution in [3.05, 3.63) is 48.4 Å². The van der Waals surface area contributed by atoms with E-state index in [9.17, 15) is 9.59 Å². The third kappa shape index (κ3) is 4.25. The van der Waals surface area contributed by atoms with Crippen molar-refractivity contribution in [2.45, 2.75) is 18.9 Å². The fourth-order valence-corrected chi connectivity index (χ4v) is 3.26. The second kappa shape index (κ2) is 8.91. The lowest BCUT2D eigenvalue weighted by Gasteiger charge is -2.20. The number of benzene rings is 1. The number of ether oxygens (including phenoxy) is 2. The van der Waals surface area contributed by atoms with Gasteiger partial charge in [-0.1, -0.05) is 12.1 Å². The van der Waals surface area contributed by atoms with Gasteiger partial charge in [0, 0.05) is 31.8 Å². The van der Waals surface area contributed by atoms with Crippen molar-refractivity contribution in [2.75, 3.05) is 31.8 Å². The molecule has 1 fully saturated rings. The zero-order valence-corrected chi connectivity index (χ0v) is 16.6. The molecule has 0 saturated carbocycles. The average molecular weight is 409 g/mol. The predicted molar refractivity (Wildman–Crippen MR) is 111 cm³/mol. The second-order valence-corrected chi connectivity index (χ2v) is 7.05. The van der Waals surface area contributed by atoms with Crippen molar-refractivity contribution in [3.8, 4) is 5.75 Å². The number of carbonyl (C=O) groups is 2. The van der Waals surface area contributed by atoms with Gasteiger partial charge in [0.25, 0.3) is 11.8 Å². The molecule has 0 aliphatic carbocycles. The van der Waals surface area contributed by atoms with Crippen LogP contribution in [0, 0.1) is 0 Å². The van der Waals surface area contributed by atoms with E-state index >= 15 is 0 Å². The molecular weight excluding hydrogens is 386 g/mol. The van der Waals surface area contributed by atoms with Gasteiger partial charge in [-0.15, -0.1) is 0 Å². The first-order chi connectivity index (χ1) is 14.6. The molecule has 1 saturated heterocycles. The van der Waals surface area contributed by atoms with E-state index < -0.39 is 11.9 Å². The van der Waals surface area contributed by atoms with Crippen LogP contribution in [-0.4, -0.2) is 59.9 Å². The molecule has 0 bridgehead atoms. The van der Waals surface area contributed by atoms with E-state index in [4.69, 9.17) is 9.47 Å². The minimum Gasteiger partial charge on any atom is -0.489 e. The molecule has 3 aromatic rings. The van der Waals surface area contributed by atoms with Crippen molar-refractivity contribution >= 4 is 28.4 Å². The molecule has 0 radical (unpaired) electrons. The lowest BCUT2D eigenvalue weighted by molar-refractivity contribution is -0.120. The Morgan fingerprint density at radius 3 is 2.80 bits per heavy atom. The van der Waals surface area contributed by atoms with Crippen molar-refractivity contribution in [2.24, 2.45) is 0 Å². The van der Waals surface area contributed by atoms with E-state index in [1.165, 1.54) is 17.7 Å². The van der Waals surface area contributed by atoms with Gasteiger partial charge in [-0.3, -0.25) is 19.7 Å². The maximum Gasteiger partial charge on any atom is 0.270 e. The predicted octanol–water partition coefficient (Wildman–Crippen LogP) is 1.91. The molecular formula is C21H23N5O4. The van der Waals surface area contributed by atoms with Gasteiger partial charge in [0.1, 0.15) is 24.1 Å². The van der Waals surface area contributed by atoms with Gasteiger partial charge < -0.3 is 19.7 Å². The fourth-order valence-electron chi connectivity index (χ4n) is 3.26. The number of fused-ring (bicyclic) bond motifs is 2. The monoisotopic (exact) mass is 409 g/mol. The zero-order valence-electron chi connectivity index (χ0n) is 16.6. The molecule has 9 heteroatoms. The minimum atomic E-state index is -0.802. The summed E-state index contributed by atoms with van der Waals surface area (Å²) in [6.45, 7) is 2.05. The normalized spacial score (nSPS) is 18.1. The number of carbonyl (C=O) groups excluding carboxylic acids is 2. The number of hydrogen-bond acceptors (Lipinski definition) is 6. The topological polar surface area (TPSA) is 109 Å². The van der Waals surface area contributed by atoms with Gasteiger partial charge >= 0.3 is 0 Å². The van der Waals surface area contributed by atoms with Crippen LogP contribution in [0.4, 0.5) is 5.69 Å². The summed E-state index contributed by atoms with van der Waals surface area (Å²) in [5.41, 5.74) is 1.57. The molecule has 2 N–H and O–H groups in total.